The Balaban J connectivity index is 2.79. The second-order valence-corrected chi connectivity index (χ2v) is 3.33. The molecule has 1 aliphatic rings. The van der Waals surface area contributed by atoms with E-state index >= 15 is 0 Å². The van der Waals surface area contributed by atoms with Gasteiger partial charge in [0, 0.05) is 14.2 Å². The summed E-state index contributed by atoms with van der Waals surface area (Å²) in [5.74, 6) is -1.95. The highest BCUT2D eigenvalue weighted by Crippen LogP contribution is 2.38. The number of rotatable bonds is 2. The minimum atomic E-state index is -1.15. The first-order valence-corrected chi connectivity index (χ1v) is 3.96. The second-order valence-electron chi connectivity index (χ2n) is 3.33. The van der Waals surface area contributed by atoms with E-state index in [1.54, 1.807) is 21.1 Å². The molecule has 1 saturated heterocycles. The van der Waals surface area contributed by atoms with E-state index in [0.29, 0.717) is 6.42 Å². The van der Waals surface area contributed by atoms with E-state index in [-0.39, 0.29) is 6.10 Å². The zero-order chi connectivity index (χ0) is 9.41. The lowest BCUT2D eigenvalue weighted by Gasteiger charge is -2.28. The molecule has 0 aromatic heterocycles. The maximum absolute atomic E-state index is 9.58. The molecule has 1 heterocycles. The second kappa shape index (κ2) is 2.96. The van der Waals surface area contributed by atoms with Crippen molar-refractivity contribution in [2.75, 3.05) is 14.2 Å². The van der Waals surface area contributed by atoms with Crippen LogP contribution in [0.5, 0.6) is 0 Å². The van der Waals surface area contributed by atoms with Crippen LogP contribution in [-0.4, -0.2) is 37.0 Å². The lowest BCUT2D eigenvalue weighted by molar-refractivity contribution is -0.230. The summed E-state index contributed by atoms with van der Waals surface area (Å²) < 4.78 is 15.6. The van der Waals surface area contributed by atoms with Crippen molar-refractivity contribution in [1.29, 1.82) is 0 Å². The van der Waals surface area contributed by atoms with E-state index in [2.05, 4.69) is 0 Å². The van der Waals surface area contributed by atoms with Crippen LogP contribution in [-0.2, 0) is 14.2 Å². The summed E-state index contributed by atoms with van der Waals surface area (Å²) in [5.41, 5.74) is 0. The van der Waals surface area contributed by atoms with Gasteiger partial charge in [0.15, 0.2) is 11.6 Å². The third kappa shape index (κ3) is 1.47. The summed E-state index contributed by atoms with van der Waals surface area (Å²) in [4.78, 5) is 0. The Labute approximate surface area is 72.4 Å². The Hall–Kier alpha value is -0.160. The van der Waals surface area contributed by atoms with Crippen molar-refractivity contribution in [1.82, 2.24) is 0 Å². The number of hydrogen-bond acceptors (Lipinski definition) is 4. The van der Waals surface area contributed by atoms with Gasteiger partial charge in [-0.3, -0.25) is 0 Å². The third-order valence-corrected chi connectivity index (χ3v) is 2.32. The minimum absolute atomic E-state index is 0.262. The van der Waals surface area contributed by atoms with E-state index in [0.717, 1.165) is 0 Å². The molecular weight excluding hydrogens is 160 g/mol. The van der Waals surface area contributed by atoms with Crippen LogP contribution in [0.4, 0.5) is 0 Å². The van der Waals surface area contributed by atoms with Crippen LogP contribution >= 0.6 is 0 Å². The molecule has 0 aromatic carbocycles. The maximum atomic E-state index is 9.58. The van der Waals surface area contributed by atoms with Gasteiger partial charge in [0.05, 0.1) is 6.42 Å². The SMILES string of the molecule is COC1(OC)C[C@](C)(O)O[C@H]1C. The van der Waals surface area contributed by atoms with E-state index in [1.807, 2.05) is 6.92 Å². The first-order valence-electron chi connectivity index (χ1n) is 3.96. The molecule has 4 heteroatoms. The molecule has 0 bridgehead atoms. The van der Waals surface area contributed by atoms with Crippen molar-refractivity contribution in [2.45, 2.75) is 37.9 Å². The Bertz CT molecular complexity index is 162. The molecule has 2 atom stereocenters. The zero-order valence-corrected chi connectivity index (χ0v) is 7.96. The molecule has 0 radical (unpaired) electrons. The molecule has 1 fully saturated rings. The van der Waals surface area contributed by atoms with Crippen LogP contribution in [0.1, 0.15) is 20.3 Å². The molecule has 0 aromatic rings. The average Bonchev–Trinajstić information content (AvgIpc) is 2.21. The smallest absolute Gasteiger partial charge is 0.199 e. The molecule has 12 heavy (non-hydrogen) atoms. The van der Waals surface area contributed by atoms with E-state index in [9.17, 15) is 5.11 Å². The first-order chi connectivity index (χ1) is 5.46. The van der Waals surface area contributed by atoms with Gasteiger partial charge in [-0.25, -0.2) is 0 Å². The van der Waals surface area contributed by atoms with Gasteiger partial charge in [0.1, 0.15) is 6.10 Å². The largest absolute Gasteiger partial charge is 0.365 e. The first kappa shape index (κ1) is 9.92. The van der Waals surface area contributed by atoms with Crippen molar-refractivity contribution in [2.24, 2.45) is 0 Å². The number of aliphatic hydroxyl groups is 1. The predicted molar refractivity (Wildman–Crippen MR) is 42.5 cm³/mol. The molecule has 1 N–H and O–H groups in total. The monoisotopic (exact) mass is 176 g/mol. The van der Waals surface area contributed by atoms with E-state index in [1.165, 1.54) is 0 Å². The summed E-state index contributed by atoms with van der Waals surface area (Å²) in [6.45, 7) is 3.41. The molecule has 72 valence electrons. The van der Waals surface area contributed by atoms with Crippen molar-refractivity contribution in [3.05, 3.63) is 0 Å². The van der Waals surface area contributed by atoms with Gasteiger partial charge < -0.3 is 19.3 Å². The fourth-order valence-electron chi connectivity index (χ4n) is 1.67. The van der Waals surface area contributed by atoms with Gasteiger partial charge in [-0.05, 0) is 13.8 Å². The highest BCUT2D eigenvalue weighted by Gasteiger charge is 2.52. The Kier molecular flexibility index (Phi) is 2.45. The highest BCUT2D eigenvalue weighted by molar-refractivity contribution is 4.90. The van der Waals surface area contributed by atoms with Crippen LogP contribution in [0.25, 0.3) is 0 Å². The lowest BCUT2D eigenvalue weighted by atomic mass is 10.1. The normalized spacial score (nSPS) is 40.2. The molecule has 1 aliphatic heterocycles. The van der Waals surface area contributed by atoms with Crippen LogP contribution in [0.3, 0.4) is 0 Å². The average molecular weight is 176 g/mol. The summed E-state index contributed by atoms with van der Waals surface area (Å²) >= 11 is 0. The van der Waals surface area contributed by atoms with Crippen molar-refractivity contribution in [3.63, 3.8) is 0 Å². The highest BCUT2D eigenvalue weighted by atomic mass is 16.7. The Morgan fingerprint density at radius 1 is 1.42 bits per heavy atom. The van der Waals surface area contributed by atoms with E-state index < -0.39 is 11.6 Å². The van der Waals surface area contributed by atoms with Crippen molar-refractivity contribution in [3.8, 4) is 0 Å². The quantitative estimate of drug-likeness (QED) is 0.622. The van der Waals surface area contributed by atoms with Gasteiger partial charge in [-0.2, -0.15) is 0 Å². The summed E-state index contributed by atoms with van der Waals surface area (Å²) in [7, 11) is 3.09. The molecule has 0 aliphatic carbocycles. The molecule has 1 rings (SSSR count). The molecule has 0 unspecified atom stereocenters. The number of hydrogen-bond donors (Lipinski definition) is 1. The standard InChI is InChI=1S/C8H16O4/c1-6-8(10-3,11-4)5-7(2,9)12-6/h6,9H,5H2,1-4H3/t6-,7+/m0/s1. The van der Waals surface area contributed by atoms with Crippen molar-refractivity contribution < 1.29 is 19.3 Å². The summed E-state index contributed by atoms with van der Waals surface area (Å²) in [6.07, 6.45) is 0.0660. The topological polar surface area (TPSA) is 47.9 Å². The summed E-state index contributed by atoms with van der Waals surface area (Å²) in [5, 5.41) is 9.58. The fourth-order valence-corrected chi connectivity index (χ4v) is 1.67. The van der Waals surface area contributed by atoms with Gasteiger partial charge in [0.2, 0.25) is 0 Å². The van der Waals surface area contributed by atoms with Crippen LogP contribution in [0.2, 0.25) is 0 Å². The summed E-state index contributed by atoms with van der Waals surface area (Å²) in [6, 6.07) is 0. The van der Waals surface area contributed by atoms with Crippen LogP contribution < -0.4 is 0 Å². The molecule has 0 amide bonds. The number of ether oxygens (including phenoxy) is 3. The van der Waals surface area contributed by atoms with Crippen molar-refractivity contribution >= 4 is 0 Å². The van der Waals surface area contributed by atoms with Crippen LogP contribution in [0.15, 0.2) is 0 Å². The predicted octanol–water partition coefficient (Wildman–Crippen LogP) is 0.493. The third-order valence-electron chi connectivity index (χ3n) is 2.32. The molecular formula is C8H16O4. The molecule has 0 spiro atoms. The number of methoxy groups -OCH3 is 2. The van der Waals surface area contributed by atoms with Gasteiger partial charge >= 0.3 is 0 Å². The van der Waals surface area contributed by atoms with Gasteiger partial charge in [-0.15, -0.1) is 0 Å². The van der Waals surface area contributed by atoms with Crippen LogP contribution in [0, 0.1) is 0 Å². The Morgan fingerprint density at radius 2 is 1.92 bits per heavy atom. The molecule has 0 saturated carbocycles. The Morgan fingerprint density at radius 3 is 2.08 bits per heavy atom. The molecule has 4 nitrogen and oxygen atoms in total. The maximum Gasteiger partial charge on any atom is 0.199 e. The zero-order valence-electron chi connectivity index (χ0n) is 7.96. The van der Waals surface area contributed by atoms with Gasteiger partial charge in [0.25, 0.3) is 0 Å². The van der Waals surface area contributed by atoms with E-state index in [4.69, 9.17) is 14.2 Å². The fraction of sp³-hybridized carbons (Fsp3) is 1.00. The van der Waals surface area contributed by atoms with Gasteiger partial charge in [-0.1, -0.05) is 0 Å². The lowest BCUT2D eigenvalue weighted by Crippen LogP contribution is -2.40. The minimum Gasteiger partial charge on any atom is -0.365 e.